The fraction of sp³-hybridized carbons (Fsp3) is 0.250. The number of nitrogens with zero attached hydrogens (tertiary/aromatic N) is 1. The lowest BCUT2D eigenvalue weighted by Crippen LogP contribution is -2.24. The molecule has 0 spiro atoms. The molecule has 0 bridgehead atoms. The van der Waals surface area contributed by atoms with Gasteiger partial charge in [0.1, 0.15) is 11.9 Å². The number of benzene rings is 2. The maximum absolute atomic E-state index is 6.07. The summed E-state index contributed by atoms with van der Waals surface area (Å²) in [6.07, 6.45) is 0.0589. The summed E-state index contributed by atoms with van der Waals surface area (Å²) in [5.41, 5.74) is 1.20. The zero-order valence-electron chi connectivity index (χ0n) is 10.9. The minimum atomic E-state index is 0.0589. The van der Waals surface area contributed by atoms with E-state index >= 15 is 0 Å². The van der Waals surface area contributed by atoms with Crippen molar-refractivity contribution in [3.05, 3.63) is 66.2 Å². The quantitative estimate of drug-likeness (QED) is 0.795. The number of likely N-dealkylation sites (N-methyl/N-ethyl adjacent to an activating group) is 1. The SMILES string of the molecule is CN(C)C[C@@H](Oc1ccccc1)c1ccccc1. The third kappa shape index (κ3) is 3.60. The van der Waals surface area contributed by atoms with Crippen molar-refractivity contribution in [3.8, 4) is 5.75 Å². The van der Waals surface area contributed by atoms with Gasteiger partial charge in [-0.15, -0.1) is 0 Å². The Hall–Kier alpha value is -1.80. The van der Waals surface area contributed by atoms with E-state index in [1.165, 1.54) is 5.56 Å². The van der Waals surface area contributed by atoms with Crippen LogP contribution in [0, 0.1) is 0 Å². The van der Waals surface area contributed by atoms with Crippen molar-refractivity contribution in [1.82, 2.24) is 4.90 Å². The highest BCUT2D eigenvalue weighted by Crippen LogP contribution is 2.22. The van der Waals surface area contributed by atoms with Crippen molar-refractivity contribution in [2.45, 2.75) is 6.10 Å². The van der Waals surface area contributed by atoms with Gasteiger partial charge in [-0.05, 0) is 31.8 Å². The highest BCUT2D eigenvalue weighted by molar-refractivity contribution is 5.24. The first-order chi connectivity index (χ1) is 8.75. The van der Waals surface area contributed by atoms with E-state index in [1.807, 2.05) is 48.5 Å². The molecule has 2 heteroatoms. The Kier molecular flexibility index (Phi) is 4.37. The van der Waals surface area contributed by atoms with Crippen LogP contribution in [0.2, 0.25) is 0 Å². The van der Waals surface area contributed by atoms with Gasteiger partial charge in [-0.2, -0.15) is 0 Å². The molecule has 18 heavy (non-hydrogen) atoms. The molecule has 0 saturated carbocycles. The van der Waals surface area contributed by atoms with Gasteiger partial charge < -0.3 is 9.64 Å². The van der Waals surface area contributed by atoms with Crippen LogP contribution in [0.1, 0.15) is 11.7 Å². The molecule has 0 amide bonds. The van der Waals surface area contributed by atoms with Crippen LogP contribution in [0.5, 0.6) is 5.75 Å². The third-order valence-corrected chi connectivity index (χ3v) is 2.72. The van der Waals surface area contributed by atoms with Crippen molar-refractivity contribution in [1.29, 1.82) is 0 Å². The Morgan fingerprint density at radius 3 is 2.00 bits per heavy atom. The largest absolute Gasteiger partial charge is 0.484 e. The fourth-order valence-electron chi connectivity index (χ4n) is 1.87. The molecule has 2 aromatic carbocycles. The third-order valence-electron chi connectivity index (χ3n) is 2.72. The van der Waals surface area contributed by atoms with E-state index < -0.39 is 0 Å². The molecule has 0 fully saturated rings. The predicted octanol–water partition coefficient (Wildman–Crippen LogP) is 3.37. The first-order valence-corrected chi connectivity index (χ1v) is 6.17. The van der Waals surface area contributed by atoms with E-state index in [4.69, 9.17) is 4.74 Å². The summed E-state index contributed by atoms with van der Waals surface area (Å²) in [7, 11) is 4.12. The summed E-state index contributed by atoms with van der Waals surface area (Å²) in [5, 5.41) is 0. The van der Waals surface area contributed by atoms with Crippen molar-refractivity contribution >= 4 is 0 Å². The zero-order valence-corrected chi connectivity index (χ0v) is 10.9. The lowest BCUT2D eigenvalue weighted by atomic mass is 10.1. The first-order valence-electron chi connectivity index (χ1n) is 6.17. The van der Waals surface area contributed by atoms with Crippen molar-refractivity contribution in [2.24, 2.45) is 0 Å². The van der Waals surface area contributed by atoms with Crippen molar-refractivity contribution in [2.75, 3.05) is 20.6 Å². The molecule has 0 saturated heterocycles. The summed E-state index contributed by atoms with van der Waals surface area (Å²) in [6, 6.07) is 20.3. The highest BCUT2D eigenvalue weighted by Gasteiger charge is 2.13. The monoisotopic (exact) mass is 241 g/mol. The summed E-state index contributed by atoms with van der Waals surface area (Å²) < 4.78 is 6.07. The maximum Gasteiger partial charge on any atom is 0.136 e. The van der Waals surface area contributed by atoms with Crippen LogP contribution in [0.15, 0.2) is 60.7 Å². The Balaban J connectivity index is 2.16. The smallest absolute Gasteiger partial charge is 0.136 e. The number of hydrogen-bond acceptors (Lipinski definition) is 2. The van der Waals surface area contributed by atoms with E-state index in [0.717, 1.165) is 12.3 Å². The summed E-state index contributed by atoms with van der Waals surface area (Å²) in [4.78, 5) is 2.14. The average molecular weight is 241 g/mol. The number of para-hydroxylation sites is 1. The van der Waals surface area contributed by atoms with Crippen LogP contribution in [-0.2, 0) is 0 Å². The van der Waals surface area contributed by atoms with Crippen LogP contribution < -0.4 is 4.74 Å². The number of ether oxygens (including phenoxy) is 1. The standard InChI is InChI=1S/C16H19NO/c1-17(2)13-16(14-9-5-3-6-10-14)18-15-11-7-4-8-12-15/h3-12,16H,13H2,1-2H3/t16-/m1/s1. The Morgan fingerprint density at radius 1 is 0.889 bits per heavy atom. The molecule has 0 aliphatic carbocycles. The lowest BCUT2D eigenvalue weighted by Gasteiger charge is -2.23. The normalized spacial score (nSPS) is 12.4. The highest BCUT2D eigenvalue weighted by atomic mass is 16.5. The minimum absolute atomic E-state index is 0.0589. The second kappa shape index (κ2) is 6.22. The molecule has 0 N–H and O–H groups in total. The van der Waals surface area contributed by atoms with Gasteiger partial charge in [0.05, 0.1) is 0 Å². The van der Waals surface area contributed by atoms with Gasteiger partial charge in [0.25, 0.3) is 0 Å². The topological polar surface area (TPSA) is 12.5 Å². The molecular weight excluding hydrogens is 222 g/mol. The van der Waals surface area contributed by atoms with Gasteiger partial charge in [-0.3, -0.25) is 0 Å². The van der Waals surface area contributed by atoms with E-state index in [9.17, 15) is 0 Å². The van der Waals surface area contributed by atoms with Crippen LogP contribution in [0.3, 0.4) is 0 Å². The fourth-order valence-corrected chi connectivity index (χ4v) is 1.87. The molecule has 0 heterocycles. The molecule has 0 aromatic heterocycles. The molecule has 1 atom stereocenters. The number of rotatable bonds is 5. The van der Waals surface area contributed by atoms with Gasteiger partial charge in [-0.25, -0.2) is 0 Å². The maximum atomic E-state index is 6.07. The van der Waals surface area contributed by atoms with Gasteiger partial charge >= 0.3 is 0 Å². The van der Waals surface area contributed by atoms with Crippen molar-refractivity contribution < 1.29 is 4.74 Å². The first kappa shape index (κ1) is 12.7. The Labute approximate surface area is 109 Å². The van der Waals surface area contributed by atoms with Gasteiger partial charge in [0, 0.05) is 6.54 Å². The molecule has 2 aromatic rings. The zero-order chi connectivity index (χ0) is 12.8. The predicted molar refractivity (Wildman–Crippen MR) is 74.8 cm³/mol. The molecular formula is C16H19NO. The van der Waals surface area contributed by atoms with Gasteiger partial charge in [0.2, 0.25) is 0 Å². The molecule has 2 nitrogen and oxygen atoms in total. The van der Waals surface area contributed by atoms with E-state index in [0.29, 0.717) is 0 Å². The minimum Gasteiger partial charge on any atom is -0.484 e. The van der Waals surface area contributed by atoms with E-state index in [1.54, 1.807) is 0 Å². The van der Waals surface area contributed by atoms with Crippen LogP contribution in [0.4, 0.5) is 0 Å². The molecule has 2 rings (SSSR count). The van der Waals surface area contributed by atoms with Crippen LogP contribution >= 0.6 is 0 Å². The molecule has 0 radical (unpaired) electrons. The van der Waals surface area contributed by atoms with Gasteiger partial charge in [-0.1, -0.05) is 48.5 Å². The average Bonchev–Trinajstić information content (AvgIpc) is 2.40. The van der Waals surface area contributed by atoms with Crippen molar-refractivity contribution in [3.63, 3.8) is 0 Å². The molecule has 94 valence electrons. The van der Waals surface area contributed by atoms with Gasteiger partial charge in [0.15, 0.2) is 0 Å². The summed E-state index contributed by atoms with van der Waals surface area (Å²) >= 11 is 0. The van der Waals surface area contributed by atoms with Crippen LogP contribution in [0.25, 0.3) is 0 Å². The molecule has 0 aliphatic heterocycles. The summed E-state index contributed by atoms with van der Waals surface area (Å²) in [5.74, 6) is 0.910. The van der Waals surface area contributed by atoms with E-state index in [2.05, 4.69) is 31.1 Å². The second-order valence-electron chi connectivity index (χ2n) is 4.59. The Bertz CT molecular complexity index is 453. The molecule has 0 unspecified atom stereocenters. The summed E-state index contributed by atoms with van der Waals surface area (Å²) in [6.45, 7) is 0.860. The molecule has 0 aliphatic rings. The lowest BCUT2D eigenvalue weighted by molar-refractivity contribution is 0.162. The second-order valence-corrected chi connectivity index (χ2v) is 4.59. The van der Waals surface area contributed by atoms with E-state index in [-0.39, 0.29) is 6.10 Å². The number of hydrogen-bond donors (Lipinski definition) is 0. The van der Waals surface area contributed by atoms with Crippen LogP contribution in [-0.4, -0.2) is 25.5 Å². The Morgan fingerprint density at radius 2 is 1.44 bits per heavy atom.